The molecule has 2 nitrogen and oxygen atoms in total. The molecule has 0 aliphatic carbocycles. The van der Waals surface area contributed by atoms with Crippen LogP contribution in [0.1, 0.15) is 20.8 Å². The van der Waals surface area contributed by atoms with Gasteiger partial charge in [-0.2, -0.15) is 5.10 Å². The molecule has 1 aliphatic heterocycles. The third kappa shape index (κ3) is 2.22. The minimum atomic E-state index is 0.0685. The van der Waals surface area contributed by atoms with Gasteiger partial charge in [-0.25, -0.2) is 0 Å². The van der Waals surface area contributed by atoms with Crippen LogP contribution in [0.3, 0.4) is 0 Å². The van der Waals surface area contributed by atoms with Gasteiger partial charge in [-0.1, -0.05) is 6.08 Å². The van der Waals surface area contributed by atoms with Crippen molar-refractivity contribution >= 4 is 6.21 Å². The van der Waals surface area contributed by atoms with E-state index in [0.717, 1.165) is 0 Å². The van der Waals surface area contributed by atoms with Gasteiger partial charge < -0.3 is 0 Å². The number of nitrogens with zero attached hydrogens (tertiary/aromatic N) is 2. The maximum atomic E-state index is 4.23. The van der Waals surface area contributed by atoms with E-state index in [2.05, 4.69) is 25.9 Å². The van der Waals surface area contributed by atoms with Crippen LogP contribution in [0.15, 0.2) is 29.5 Å². The Kier molecular flexibility index (Phi) is 2.13. The molecule has 0 atom stereocenters. The zero-order chi connectivity index (χ0) is 8.32. The van der Waals surface area contributed by atoms with Gasteiger partial charge in [-0.3, -0.25) is 5.01 Å². The summed E-state index contributed by atoms with van der Waals surface area (Å²) in [5, 5.41) is 6.17. The van der Waals surface area contributed by atoms with E-state index >= 15 is 0 Å². The van der Waals surface area contributed by atoms with Crippen molar-refractivity contribution in [2.75, 3.05) is 0 Å². The molecule has 0 saturated heterocycles. The molecule has 0 unspecified atom stereocenters. The average Bonchev–Trinajstić information content (AvgIpc) is 2.10. The molecule has 0 amide bonds. The lowest BCUT2D eigenvalue weighted by atomic mass is 10.1. The Balaban J connectivity index is 2.75. The molecule has 60 valence electrons. The molecule has 0 bridgehead atoms. The second-order valence-electron chi connectivity index (χ2n) is 3.51. The van der Waals surface area contributed by atoms with Gasteiger partial charge in [0.1, 0.15) is 0 Å². The summed E-state index contributed by atoms with van der Waals surface area (Å²) in [5.41, 5.74) is 0.0685. The van der Waals surface area contributed by atoms with E-state index in [0.29, 0.717) is 0 Å². The second-order valence-corrected chi connectivity index (χ2v) is 3.51. The van der Waals surface area contributed by atoms with Gasteiger partial charge in [-0.15, -0.1) is 0 Å². The largest absolute Gasteiger partial charge is 0.268 e. The molecule has 0 saturated carbocycles. The Morgan fingerprint density at radius 2 is 1.82 bits per heavy atom. The van der Waals surface area contributed by atoms with Gasteiger partial charge in [0.25, 0.3) is 0 Å². The molecular formula is C9H14N2. The Labute approximate surface area is 67.9 Å². The lowest BCUT2D eigenvalue weighted by Gasteiger charge is -2.29. The van der Waals surface area contributed by atoms with Crippen molar-refractivity contribution in [3.8, 4) is 0 Å². The standard InChI is InChI=1S/C9H14N2/c1-9(2,3)11-8-6-4-5-7-10-11/h4-8H,1-3H3. The average molecular weight is 150 g/mol. The zero-order valence-corrected chi connectivity index (χ0v) is 7.28. The van der Waals surface area contributed by atoms with E-state index in [-0.39, 0.29) is 5.54 Å². The monoisotopic (exact) mass is 150 g/mol. The summed E-state index contributed by atoms with van der Waals surface area (Å²) < 4.78 is 0. The van der Waals surface area contributed by atoms with Crippen LogP contribution >= 0.6 is 0 Å². The van der Waals surface area contributed by atoms with Gasteiger partial charge in [0.15, 0.2) is 0 Å². The first-order chi connectivity index (χ1) is 5.11. The topological polar surface area (TPSA) is 15.6 Å². The van der Waals surface area contributed by atoms with E-state index in [4.69, 9.17) is 0 Å². The molecule has 0 fully saturated rings. The Morgan fingerprint density at radius 3 is 2.45 bits per heavy atom. The van der Waals surface area contributed by atoms with Crippen molar-refractivity contribution in [3.63, 3.8) is 0 Å². The Morgan fingerprint density at radius 1 is 1.09 bits per heavy atom. The number of allylic oxidation sites excluding steroid dienone is 3. The summed E-state index contributed by atoms with van der Waals surface area (Å²) in [5.74, 6) is 0. The number of rotatable bonds is 0. The van der Waals surface area contributed by atoms with E-state index < -0.39 is 0 Å². The first-order valence-corrected chi connectivity index (χ1v) is 3.77. The molecule has 0 radical (unpaired) electrons. The fraction of sp³-hybridized carbons (Fsp3) is 0.444. The Bertz CT molecular complexity index is 190. The predicted octanol–water partition coefficient (Wildman–Crippen LogP) is 2.16. The van der Waals surface area contributed by atoms with Crippen LogP contribution in [-0.2, 0) is 0 Å². The molecule has 0 aromatic heterocycles. The number of hydrazone groups is 1. The summed E-state index contributed by atoms with van der Waals surface area (Å²) in [4.78, 5) is 0. The van der Waals surface area contributed by atoms with Crippen LogP contribution in [0, 0.1) is 0 Å². The van der Waals surface area contributed by atoms with Crippen molar-refractivity contribution in [1.29, 1.82) is 0 Å². The molecule has 1 heterocycles. The first kappa shape index (κ1) is 8.05. The van der Waals surface area contributed by atoms with E-state index in [1.165, 1.54) is 0 Å². The summed E-state index contributed by atoms with van der Waals surface area (Å²) in [6.07, 6.45) is 9.64. The number of hydrogen-bond acceptors (Lipinski definition) is 2. The smallest absolute Gasteiger partial charge is 0.0543 e. The molecule has 11 heavy (non-hydrogen) atoms. The third-order valence-corrected chi connectivity index (χ3v) is 1.41. The van der Waals surface area contributed by atoms with E-state index in [9.17, 15) is 0 Å². The third-order valence-electron chi connectivity index (χ3n) is 1.41. The quantitative estimate of drug-likeness (QED) is 0.516. The molecule has 1 aliphatic rings. The molecule has 0 aromatic carbocycles. The van der Waals surface area contributed by atoms with Gasteiger partial charge in [0, 0.05) is 12.4 Å². The second kappa shape index (κ2) is 2.91. The van der Waals surface area contributed by atoms with Crippen LogP contribution in [0.5, 0.6) is 0 Å². The SMILES string of the molecule is CC(C)(C)N1C=CC=CC=N1. The number of hydrogen-bond donors (Lipinski definition) is 0. The molecule has 2 heteroatoms. The molecule has 0 spiro atoms. The van der Waals surface area contributed by atoms with Gasteiger partial charge in [0.05, 0.1) is 5.54 Å². The minimum absolute atomic E-state index is 0.0685. The van der Waals surface area contributed by atoms with Crippen molar-refractivity contribution in [3.05, 3.63) is 24.4 Å². The maximum absolute atomic E-state index is 4.23. The fourth-order valence-electron chi connectivity index (χ4n) is 0.791. The molecular weight excluding hydrogens is 136 g/mol. The van der Waals surface area contributed by atoms with Crippen LogP contribution in [0.2, 0.25) is 0 Å². The Hall–Kier alpha value is -1.05. The van der Waals surface area contributed by atoms with Crippen molar-refractivity contribution < 1.29 is 0 Å². The van der Waals surface area contributed by atoms with Crippen molar-refractivity contribution in [1.82, 2.24) is 5.01 Å². The summed E-state index contributed by atoms with van der Waals surface area (Å²) in [7, 11) is 0. The predicted molar refractivity (Wildman–Crippen MR) is 48.4 cm³/mol. The van der Waals surface area contributed by atoms with Gasteiger partial charge in [-0.05, 0) is 32.9 Å². The summed E-state index contributed by atoms with van der Waals surface area (Å²) >= 11 is 0. The highest BCUT2D eigenvalue weighted by molar-refractivity contribution is 5.71. The summed E-state index contributed by atoms with van der Waals surface area (Å²) in [6, 6.07) is 0. The lowest BCUT2D eigenvalue weighted by Crippen LogP contribution is -2.32. The normalized spacial score (nSPS) is 17.2. The summed E-state index contributed by atoms with van der Waals surface area (Å²) in [6.45, 7) is 6.38. The molecule has 1 rings (SSSR count). The van der Waals surface area contributed by atoms with Gasteiger partial charge in [0.2, 0.25) is 0 Å². The minimum Gasteiger partial charge on any atom is -0.268 e. The first-order valence-electron chi connectivity index (χ1n) is 3.77. The van der Waals surface area contributed by atoms with Crippen LogP contribution in [0.4, 0.5) is 0 Å². The van der Waals surface area contributed by atoms with Crippen molar-refractivity contribution in [2.45, 2.75) is 26.3 Å². The highest BCUT2D eigenvalue weighted by atomic mass is 15.5. The van der Waals surface area contributed by atoms with Gasteiger partial charge >= 0.3 is 0 Å². The van der Waals surface area contributed by atoms with E-state index in [1.807, 2.05) is 29.4 Å². The maximum Gasteiger partial charge on any atom is 0.0543 e. The zero-order valence-electron chi connectivity index (χ0n) is 7.28. The molecule has 0 N–H and O–H groups in total. The highest BCUT2D eigenvalue weighted by Gasteiger charge is 2.16. The highest BCUT2D eigenvalue weighted by Crippen LogP contribution is 2.14. The molecule has 0 aromatic rings. The van der Waals surface area contributed by atoms with Crippen molar-refractivity contribution in [2.24, 2.45) is 5.10 Å². The van der Waals surface area contributed by atoms with Crippen LogP contribution < -0.4 is 0 Å². The van der Waals surface area contributed by atoms with E-state index in [1.54, 1.807) is 6.21 Å². The fourth-order valence-corrected chi connectivity index (χ4v) is 0.791. The van der Waals surface area contributed by atoms with Crippen LogP contribution in [-0.4, -0.2) is 16.8 Å². The lowest BCUT2D eigenvalue weighted by molar-refractivity contribution is 0.216. The van der Waals surface area contributed by atoms with Crippen LogP contribution in [0.25, 0.3) is 0 Å².